The standard InChI is InChI=1S/C20H18ClN5O2/c1-28-18-10-23-17(9-24-18)14-7-16-12(6-15(14)21)5-13(26-16)8-25-19(27)20(11-22)3-2-4-20/h5-7,9-10,26H,2-4,8H2,1H3,(H,25,27). The third-order valence-corrected chi connectivity index (χ3v) is 5.49. The summed E-state index contributed by atoms with van der Waals surface area (Å²) in [5, 5.41) is 13.6. The summed E-state index contributed by atoms with van der Waals surface area (Å²) in [4.78, 5) is 24.1. The van der Waals surface area contributed by atoms with E-state index in [-0.39, 0.29) is 5.91 Å². The van der Waals surface area contributed by atoms with Crippen molar-refractivity contribution in [1.29, 1.82) is 5.26 Å². The van der Waals surface area contributed by atoms with Gasteiger partial charge in [0.15, 0.2) is 0 Å². The van der Waals surface area contributed by atoms with Crippen LogP contribution in [0.1, 0.15) is 25.0 Å². The quantitative estimate of drug-likeness (QED) is 0.686. The summed E-state index contributed by atoms with van der Waals surface area (Å²) in [7, 11) is 1.53. The lowest BCUT2D eigenvalue weighted by Gasteiger charge is -2.33. The first kappa shape index (κ1) is 18.3. The molecule has 1 aliphatic carbocycles. The lowest BCUT2D eigenvalue weighted by Crippen LogP contribution is -2.44. The third kappa shape index (κ3) is 3.16. The maximum absolute atomic E-state index is 12.3. The predicted octanol–water partition coefficient (Wildman–Crippen LogP) is 3.60. The smallest absolute Gasteiger partial charge is 0.240 e. The summed E-state index contributed by atoms with van der Waals surface area (Å²) in [5.41, 5.74) is 2.25. The van der Waals surface area contributed by atoms with Gasteiger partial charge < -0.3 is 15.0 Å². The van der Waals surface area contributed by atoms with Gasteiger partial charge >= 0.3 is 0 Å². The Morgan fingerprint density at radius 2 is 2.18 bits per heavy atom. The molecular formula is C20H18ClN5O2. The van der Waals surface area contributed by atoms with Crippen LogP contribution in [-0.4, -0.2) is 28.0 Å². The molecule has 0 unspecified atom stereocenters. The van der Waals surface area contributed by atoms with Crippen molar-refractivity contribution in [3.05, 3.63) is 41.3 Å². The Balaban J connectivity index is 1.55. The number of nitrogens with one attached hydrogen (secondary N) is 2. The van der Waals surface area contributed by atoms with E-state index < -0.39 is 5.41 Å². The van der Waals surface area contributed by atoms with Gasteiger partial charge in [-0.25, -0.2) is 9.97 Å². The molecular weight excluding hydrogens is 378 g/mol. The minimum atomic E-state index is -0.852. The molecule has 1 amide bonds. The number of carbonyl (C=O) groups excluding carboxylic acids is 1. The monoisotopic (exact) mass is 395 g/mol. The predicted molar refractivity (Wildman–Crippen MR) is 105 cm³/mol. The highest BCUT2D eigenvalue weighted by molar-refractivity contribution is 6.34. The Morgan fingerprint density at radius 1 is 1.36 bits per heavy atom. The number of nitrogens with zero attached hydrogens (tertiary/aromatic N) is 3. The number of fused-ring (bicyclic) bond motifs is 1. The van der Waals surface area contributed by atoms with Gasteiger partial charge in [0.1, 0.15) is 5.41 Å². The third-order valence-electron chi connectivity index (χ3n) is 5.17. The number of rotatable bonds is 5. The second-order valence-electron chi connectivity index (χ2n) is 6.89. The molecule has 142 valence electrons. The molecule has 0 aliphatic heterocycles. The van der Waals surface area contributed by atoms with Crippen LogP contribution >= 0.6 is 11.6 Å². The highest BCUT2D eigenvalue weighted by Crippen LogP contribution is 2.40. The molecule has 1 fully saturated rings. The summed E-state index contributed by atoms with van der Waals surface area (Å²) in [6.07, 6.45) is 5.32. The number of aromatic amines is 1. The van der Waals surface area contributed by atoms with Crippen molar-refractivity contribution in [2.75, 3.05) is 7.11 Å². The van der Waals surface area contributed by atoms with Crippen molar-refractivity contribution in [3.8, 4) is 23.2 Å². The van der Waals surface area contributed by atoms with E-state index in [0.717, 1.165) is 28.6 Å². The summed E-state index contributed by atoms with van der Waals surface area (Å²) in [5.74, 6) is 0.229. The van der Waals surface area contributed by atoms with E-state index in [0.29, 0.717) is 36.0 Å². The van der Waals surface area contributed by atoms with E-state index in [9.17, 15) is 10.1 Å². The van der Waals surface area contributed by atoms with Crippen LogP contribution in [0.2, 0.25) is 5.02 Å². The number of aromatic nitrogens is 3. The fraction of sp³-hybridized carbons (Fsp3) is 0.300. The molecule has 1 aromatic carbocycles. The van der Waals surface area contributed by atoms with Crippen molar-refractivity contribution in [2.24, 2.45) is 5.41 Å². The number of hydrogen-bond acceptors (Lipinski definition) is 5. The number of H-pyrrole nitrogens is 1. The number of hydrogen-bond donors (Lipinski definition) is 2. The van der Waals surface area contributed by atoms with Crippen molar-refractivity contribution < 1.29 is 9.53 Å². The first-order valence-corrected chi connectivity index (χ1v) is 9.29. The molecule has 2 heterocycles. The van der Waals surface area contributed by atoms with Crippen LogP contribution in [-0.2, 0) is 11.3 Å². The molecule has 8 heteroatoms. The summed E-state index contributed by atoms with van der Waals surface area (Å²) >= 11 is 6.43. The molecule has 0 radical (unpaired) electrons. The van der Waals surface area contributed by atoms with Crippen LogP contribution in [0.25, 0.3) is 22.2 Å². The average molecular weight is 396 g/mol. The molecule has 0 bridgehead atoms. The van der Waals surface area contributed by atoms with Crippen molar-refractivity contribution in [1.82, 2.24) is 20.3 Å². The van der Waals surface area contributed by atoms with Gasteiger partial charge in [0.25, 0.3) is 0 Å². The van der Waals surface area contributed by atoms with Crippen LogP contribution in [0.3, 0.4) is 0 Å². The van der Waals surface area contributed by atoms with E-state index >= 15 is 0 Å². The average Bonchev–Trinajstić information content (AvgIpc) is 3.07. The number of benzene rings is 1. The van der Waals surface area contributed by atoms with E-state index in [2.05, 4.69) is 26.3 Å². The van der Waals surface area contributed by atoms with Gasteiger partial charge in [-0.05, 0) is 37.5 Å². The van der Waals surface area contributed by atoms with E-state index in [4.69, 9.17) is 16.3 Å². The normalized spacial score (nSPS) is 14.9. The summed E-state index contributed by atoms with van der Waals surface area (Å²) in [6.45, 7) is 0.326. The summed E-state index contributed by atoms with van der Waals surface area (Å²) < 4.78 is 5.03. The number of amides is 1. The lowest BCUT2D eigenvalue weighted by atomic mass is 9.69. The van der Waals surface area contributed by atoms with Gasteiger partial charge in [0.05, 0.1) is 42.8 Å². The van der Waals surface area contributed by atoms with Crippen LogP contribution < -0.4 is 10.1 Å². The van der Waals surface area contributed by atoms with Crippen LogP contribution in [0.15, 0.2) is 30.6 Å². The topological polar surface area (TPSA) is 104 Å². The Labute approximate surface area is 166 Å². The molecule has 4 rings (SSSR count). The maximum Gasteiger partial charge on any atom is 0.240 e. The highest BCUT2D eigenvalue weighted by atomic mass is 35.5. The Hall–Kier alpha value is -3.11. The van der Waals surface area contributed by atoms with E-state index in [1.165, 1.54) is 13.3 Å². The molecule has 1 aliphatic rings. The van der Waals surface area contributed by atoms with Crippen molar-refractivity contribution in [2.45, 2.75) is 25.8 Å². The molecule has 7 nitrogen and oxygen atoms in total. The Morgan fingerprint density at radius 3 is 2.79 bits per heavy atom. The maximum atomic E-state index is 12.3. The largest absolute Gasteiger partial charge is 0.480 e. The van der Waals surface area contributed by atoms with Gasteiger partial charge in [-0.1, -0.05) is 11.6 Å². The Kier molecular flexibility index (Phi) is 4.65. The first-order valence-electron chi connectivity index (χ1n) is 8.92. The molecule has 0 atom stereocenters. The number of carbonyl (C=O) groups is 1. The molecule has 0 spiro atoms. The van der Waals surface area contributed by atoms with Crippen molar-refractivity contribution >= 4 is 28.4 Å². The SMILES string of the molecule is COc1cnc(-c2cc3[nH]c(CNC(=O)C4(C#N)CCC4)cc3cc2Cl)cn1. The molecule has 1 saturated carbocycles. The second-order valence-corrected chi connectivity index (χ2v) is 7.30. The van der Waals surface area contributed by atoms with Gasteiger partial charge in [0.2, 0.25) is 11.8 Å². The van der Waals surface area contributed by atoms with Crippen LogP contribution in [0.5, 0.6) is 5.88 Å². The van der Waals surface area contributed by atoms with Crippen LogP contribution in [0, 0.1) is 16.7 Å². The highest BCUT2D eigenvalue weighted by Gasteiger charge is 2.44. The zero-order valence-corrected chi connectivity index (χ0v) is 16.0. The molecule has 3 aromatic rings. The van der Waals surface area contributed by atoms with E-state index in [1.807, 2.05) is 18.2 Å². The molecule has 28 heavy (non-hydrogen) atoms. The molecule has 0 saturated heterocycles. The van der Waals surface area contributed by atoms with Gasteiger partial charge in [-0.15, -0.1) is 0 Å². The van der Waals surface area contributed by atoms with Gasteiger partial charge in [0, 0.05) is 22.2 Å². The number of ether oxygens (including phenoxy) is 1. The van der Waals surface area contributed by atoms with Crippen molar-refractivity contribution in [3.63, 3.8) is 0 Å². The number of methoxy groups -OCH3 is 1. The fourth-order valence-electron chi connectivity index (χ4n) is 3.33. The zero-order chi connectivity index (χ0) is 19.7. The minimum absolute atomic E-state index is 0.202. The molecule has 2 aromatic heterocycles. The first-order chi connectivity index (χ1) is 13.5. The molecule has 2 N–H and O–H groups in total. The lowest BCUT2D eigenvalue weighted by molar-refractivity contribution is -0.131. The van der Waals surface area contributed by atoms with Crippen LogP contribution in [0.4, 0.5) is 0 Å². The number of halogens is 1. The fourth-order valence-corrected chi connectivity index (χ4v) is 3.60. The second kappa shape index (κ2) is 7.13. The minimum Gasteiger partial charge on any atom is -0.480 e. The Bertz CT molecular complexity index is 1080. The zero-order valence-electron chi connectivity index (χ0n) is 15.3. The van der Waals surface area contributed by atoms with E-state index in [1.54, 1.807) is 6.20 Å². The summed E-state index contributed by atoms with van der Waals surface area (Å²) in [6, 6.07) is 7.85. The van der Waals surface area contributed by atoms with Gasteiger partial charge in [-0.2, -0.15) is 5.26 Å². The van der Waals surface area contributed by atoms with Gasteiger partial charge in [-0.3, -0.25) is 4.79 Å². The number of nitriles is 1.